The number of rotatable bonds is 20. The summed E-state index contributed by atoms with van der Waals surface area (Å²) in [5.41, 5.74) is 22.6. The molecule has 3 aromatic heterocycles. The van der Waals surface area contributed by atoms with Crippen molar-refractivity contribution in [3.8, 4) is 11.5 Å². The standard InChI is InChI=1S/C35H41N5O6.C35H40N4O7.C22H25N5O3/c1-35(2,3)46-34(44)39(21-23-12-14-27(45-4)15-13-23)29-20-24(16-17-37-29)19-28-30(31(36)41)40(32(28)42)33(43)38-18-8-11-26(22-38)25-9-6-5-7-10-25;1-35(2,3)46-34(44)38(21-23-12-14-27(45-4)15-13-23)29-20-24(16-17-36-29)19-28-30(32(41)42)39(31(28)40)33(43)37-18-8-11-26(22-37)25-9-6-5-7-10-25;23-18-12-14(8-9-25-18)11-17-19(20(24)28)27(21(17)29)22(30)26-10-4-7-16(13-26)15-5-2-1-3-6-15/h5-7,9-10,12-17,20,26,28,30H,8,11,18-19,21-22H2,1-4H3,(H2,36,41);5-7,9-10,12-17,20,26,28,30H,8,11,18-19,21-22H2,1-4H3,(H,41,42);1-3,5-6,8-9,12,16-17,19H,4,7,10-11,13H2,(H2,23,25)(H2,24,28)/t26?,28-,30+;26-,28-,30+;16-,17-,19+/m111/s1. The highest BCUT2D eigenvalue weighted by atomic mass is 16.6. The van der Waals surface area contributed by atoms with E-state index in [-0.39, 0.29) is 61.8 Å². The number of anilines is 3. The van der Waals surface area contributed by atoms with E-state index in [0.717, 1.165) is 81.0 Å². The number of aromatic nitrogens is 3. The molecule has 640 valence electrons. The molecule has 122 heavy (non-hydrogen) atoms. The van der Waals surface area contributed by atoms with Crippen LogP contribution in [-0.2, 0) is 70.6 Å². The number of β-lactam (4-membered cyclic amide) rings is 3. The van der Waals surface area contributed by atoms with Gasteiger partial charge in [0, 0.05) is 75.6 Å². The summed E-state index contributed by atoms with van der Waals surface area (Å²) >= 11 is 0. The number of primary amides is 2. The van der Waals surface area contributed by atoms with Crippen LogP contribution < -0.4 is 36.5 Å². The van der Waals surface area contributed by atoms with E-state index >= 15 is 0 Å². The van der Waals surface area contributed by atoms with Gasteiger partial charge in [0.05, 0.1) is 45.1 Å². The molecule has 0 bridgehead atoms. The van der Waals surface area contributed by atoms with Crippen molar-refractivity contribution >= 4 is 83.2 Å². The molecule has 7 N–H and O–H groups in total. The zero-order valence-electron chi connectivity index (χ0n) is 69.9. The van der Waals surface area contributed by atoms with Gasteiger partial charge in [0.1, 0.15) is 52.2 Å². The third-order valence-corrected chi connectivity index (χ3v) is 22.6. The van der Waals surface area contributed by atoms with Crippen LogP contribution in [0.15, 0.2) is 195 Å². The molecule has 30 heteroatoms. The number of methoxy groups -OCH3 is 2. The molecule has 5 aromatic carbocycles. The van der Waals surface area contributed by atoms with Gasteiger partial charge in [-0.25, -0.2) is 48.6 Å². The molecule has 6 aliphatic heterocycles. The van der Waals surface area contributed by atoms with Crippen LogP contribution in [0.25, 0.3) is 0 Å². The molecule has 0 radical (unpaired) electrons. The van der Waals surface area contributed by atoms with Gasteiger partial charge in [0.15, 0.2) is 6.04 Å². The number of carboxylic acid groups (broad SMARTS) is 1. The minimum Gasteiger partial charge on any atom is -0.497 e. The highest BCUT2D eigenvalue weighted by Gasteiger charge is 2.58. The van der Waals surface area contributed by atoms with E-state index in [2.05, 4.69) is 27.1 Å². The molecule has 30 nitrogen and oxygen atoms in total. The average molecular weight is 1660 g/mol. The number of carboxylic acids is 1. The van der Waals surface area contributed by atoms with Crippen molar-refractivity contribution in [1.82, 2.24) is 44.4 Å². The Labute approximate surface area is 709 Å². The lowest BCUT2D eigenvalue weighted by atomic mass is 9.82. The van der Waals surface area contributed by atoms with Gasteiger partial charge in [-0.3, -0.25) is 43.6 Å². The van der Waals surface area contributed by atoms with Gasteiger partial charge in [-0.1, -0.05) is 115 Å². The van der Waals surface area contributed by atoms with Crippen molar-refractivity contribution < 1.29 is 76.8 Å². The highest BCUT2D eigenvalue weighted by Crippen LogP contribution is 2.40. The lowest BCUT2D eigenvalue weighted by Gasteiger charge is -2.46. The van der Waals surface area contributed by atoms with Crippen molar-refractivity contribution in [2.24, 2.45) is 29.2 Å². The number of hydrogen-bond donors (Lipinski definition) is 4. The first-order valence-electron chi connectivity index (χ1n) is 41.0. The molecule has 0 spiro atoms. The van der Waals surface area contributed by atoms with Gasteiger partial charge < -0.3 is 56.0 Å². The molecular weight excluding hydrogens is 1560 g/mol. The number of piperidine rings is 3. The Kier molecular flexibility index (Phi) is 28.0. The molecule has 6 aliphatic rings. The fourth-order valence-electron chi connectivity index (χ4n) is 16.5. The SMILES string of the molecule is COc1ccc(CN(C(=O)OC(C)(C)C)c2cc(C[C@H]3C(=O)N(C(=O)N4CCCC(c5ccccc5)C4)[C@@H]3C(N)=O)ccn2)cc1.COc1ccc(CN(C(=O)OC(C)(C)C)c2cc(C[C@H]3C(=O)N(C(=O)N4CCC[C@@H](c5ccccc5)C4)[C@@H]3C(=O)O)ccn2)cc1.NC(=O)[C@@H]1[C@@H](Cc2ccnc(N)c2)C(=O)N1C(=O)N1CCC[C@@H](c2ccccc2)C1. The Bertz CT molecular complexity index is 4860. The minimum atomic E-state index is -1.30. The first-order valence-corrected chi connectivity index (χ1v) is 41.0. The summed E-state index contributed by atoms with van der Waals surface area (Å²) in [7, 11) is 3.15. The van der Waals surface area contributed by atoms with Crippen molar-refractivity contribution in [2.45, 2.75) is 160 Å². The summed E-state index contributed by atoms with van der Waals surface area (Å²) in [4.78, 5) is 167. The molecule has 6 fully saturated rings. The predicted molar refractivity (Wildman–Crippen MR) is 454 cm³/mol. The topological polar surface area (TPSA) is 388 Å². The maximum atomic E-state index is 13.6. The van der Waals surface area contributed by atoms with Gasteiger partial charge in [0.2, 0.25) is 29.5 Å². The molecule has 13 amide bonds. The maximum Gasteiger partial charge on any atom is 0.416 e. The van der Waals surface area contributed by atoms with Crippen molar-refractivity contribution in [2.75, 3.05) is 69.0 Å². The van der Waals surface area contributed by atoms with E-state index < -0.39 is 107 Å². The summed E-state index contributed by atoms with van der Waals surface area (Å²) in [5.74, 6) is -3.64. The van der Waals surface area contributed by atoms with E-state index in [9.17, 15) is 57.8 Å². The highest BCUT2D eigenvalue weighted by molar-refractivity contribution is 6.10. The normalized spacial score (nSPS) is 20.7. The molecule has 0 saturated carbocycles. The number of imide groups is 3. The monoisotopic (exact) mass is 1660 g/mol. The van der Waals surface area contributed by atoms with Crippen LogP contribution >= 0.6 is 0 Å². The van der Waals surface area contributed by atoms with Crippen LogP contribution in [0.3, 0.4) is 0 Å². The lowest BCUT2D eigenvalue weighted by Crippen LogP contribution is -2.70. The number of aliphatic carboxylic acids is 1. The summed E-state index contributed by atoms with van der Waals surface area (Å²) < 4.78 is 21.8. The van der Waals surface area contributed by atoms with Crippen LogP contribution in [0.4, 0.5) is 41.4 Å². The number of carbonyl (C=O) groups excluding carboxylic acids is 10. The van der Waals surface area contributed by atoms with E-state index in [4.69, 9.17) is 36.1 Å². The van der Waals surface area contributed by atoms with E-state index in [1.54, 1.807) is 144 Å². The third-order valence-electron chi connectivity index (χ3n) is 22.6. The van der Waals surface area contributed by atoms with Crippen molar-refractivity contribution in [3.05, 3.63) is 239 Å². The largest absolute Gasteiger partial charge is 0.497 e. The number of ether oxygens (including phenoxy) is 4. The molecule has 8 aromatic rings. The molecule has 9 atom stereocenters. The molecule has 6 saturated heterocycles. The number of urea groups is 3. The number of nitrogens with two attached hydrogens (primary N) is 3. The smallest absolute Gasteiger partial charge is 0.416 e. The first kappa shape index (κ1) is 88.0. The minimum absolute atomic E-state index is 0.0619. The zero-order chi connectivity index (χ0) is 87.3. The molecular formula is C92H106N14O16. The second-order valence-electron chi connectivity index (χ2n) is 33.4. The first-order chi connectivity index (χ1) is 58.3. The van der Waals surface area contributed by atoms with Crippen molar-refractivity contribution in [1.29, 1.82) is 0 Å². The molecule has 14 rings (SSSR count). The number of likely N-dealkylation sites (tertiary alicyclic amines) is 6. The second kappa shape index (κ2) is 38.8. The Balaban J connectivity index is 0.000000171. The number of hydrogen-bond acceptors (Lipinski definition) is 19. The lowest BCUT2D eigenvalue weighted by molar-refractivity contribution is -0.166. The van der Waals surface area contributed by atoms with Gasteiger partial charge in [-0.2, -0.15) is 0 Å². The van der Waals surface area contributed by atoms with Gasteiger partial charge in [-0.05, 0) is 205 Å². The maximum absolute atomic E-state index is 13.6. The number of pyridine rings is 3. The molecule has 0 aliphatic carbocycles. The van der Waals surface area contributed by atoms with E-state index in [1.807, 2.05) is 103 Å². The van der Waals surface area contributed by atoms with Crippen LogP contribution in [0.5, 0.6) is 11.5 Å². The summed E-state index contributed by atoms with van der Waals surface area (Å²) in [6.07, 6.45) is 9.12. The van der Waals surface area contributed by atoms with Crippen LogP contribution in [0.2, 0.25) is 0 Å². The van der Waals surface area contributed by atoms with E-state index in [0.29, 0.717) is 73.5 Å². The molecule has 9 heterocycles. The Morgan fingerprint density at radius 3 is 1.04 bits per heavy atom. The van der Waals surface area contributed by atoms with E-state index in [1.165, 1.54) is 21.6 Å². The van der Waals surface area contributed by atoms with Gasteiger partial charge >= 0.3 is 36.2 Å². The zero-order valence-corrected chi connectivity index (χ0v) is 69.9. The Hall–Kier alpha value is -13.3. The number of carbonyl (C=O) groups is 11. The quantitative estimate of drug-likeness (QED) is 0.0515. The van der Waals surface area contributed by atoms with Crippen LogP contribution in [-0.4, -0.2) is 198 Å². The summed E-state index contributed by atoms with van der Waals surface area (Å²) in [5, 5.41) is 10.1. The number of nitrogen functional groups attached to an aromatic ring is 1. The number of amides is 13. The van der Waals surface area contributed by atoms with Gasteiger partial charge in [0.25, 0.3) is 0 Å². The second-order valence-corrected chi connectivity index (χ2v) is 33.4. The van der Waals surface area contributed by atoms with Crippen molar-refractivity contribution in [3.63, 3.8) is 0 Å². The average Bonchev–Trinajstić information content (AvgIpc) is 0.748. The fourth-order valence-corrected chi connectivity index (χ4v) is 16.5. The third kappa shape index (κ3) is 21.3. The predicted octanol–water partition coefficient (Wildman–Crippen LogP) is 11.9. The summed E-state index contributed by atoms with van der Waals surface area (Å²) in [6, 6.07) is 49.8. The van der Waals surface area contributed by atoms with Crippen LogP contribution in [0, 0.1) is 17.8 Å². The Morgan fingerprint density at radius 1 is 0.426 bits per heavy atom. The van der Waals surface area contributed by atoms with Gasteiger partial charge in [-0.15, -0.1) is 0 Å². The molecule has 1 unspecified atom stereocenters. The summed E-state index contributed by atoms with van der Waals surface area (Å²) in [6.45, 7) is 13.9. The fraction of sp³-hybridized carbons (Fsp3) is 0.391. The van der Waals surface area contributed by atoms with Crippen LogP contribution in [0.1, 0.15) is 142 Å². The number of benzene rings is 5. The number of nitrogens with zero attached hydrogens (tertiary/aromatic N) is 11. The Morgan fingerprint density at radius 2 is 0.738 bits per heavy atom.